The van der Waals surface area contributed by atoms with Crippen molar-refractivity contribution >= 4 is 5.69 Å². The number of hydrogen-bond acceptors (Lipinski definition) is 4. The van der Waals surface area contributed by atoms with Crippen LogP contribution in [-0.4, -0.2) is 21.3 Å². The van der Waals surface area contributed by atoms with E-state index in [1.807, 2.05) is 18.7 Å². The Morgan fingerprint density at radius 1 is 1.40 bits per heavy atom. The van der Waals surface area contributed by atoms with Crippen LogP contribution in [0.15, 0.2) is 24.5 Å². The molecule has 20 heavy (non-hydrogen) atoms. The van der Waals surface area contributed by atoms with Crippen molar-refractivity contribution in [3.8, 4) is 0 Å². The molecule has 0 bridgehead atoms. The minimum atomic E-state index is 0.0921. The Kier molecular flexibility index (Phi) is 3.44. The van der Waals surface area contributed by atoms with Crippen molar-refractivity contribution in [3.05, 3.63) is 41.5 Å². The van der Waals surface area contributed by atoms with Gasteiger partial charge in [0, 0.05) is 25.3 Å². The van der Waals surface area contributed by atoms with E-state index in [-0.39, 0.29) is 6.04 Å². The molecule has 0 radical (unpaired) electrons. The number of aromatic nitrogens is 3. The highest BCUT2D eigenvalue weighted by Gasteiger charge is 2.19. The van der Waals surface area contributed by atoms with Crippen LogP contribution in [0.1, 0.15) is 36.3 Å². The molecule has 2 N–H and O–H groups in total. The maximum Gasteiger partial charge on any atom is 0.146 e. The van der Waals surface area contributed by atoms with E-state index in [1.54, 1.807) is 6.33 Å². The number of hydrogen-bond donors (Lipinski definition) is 1. The maximum atomic E-state index is 5.98. The summed E-state index contributed by atoms with van der Waals surface area (Å²) in [7, 11) is 1.94. The zero-order valence-corrected chi connectivity index (χ0v) is 12.1. The predicted molar refractivity (Wildman–Crippen MR) is 79.4 cm³/mol. The van der Waals surface area contributed by atoms with Crippen molar-refractivity contribution in [3.63, 3.8) is 0 Å². The van der Waals surface area contributed by atoms with Gasteiger partial charge < -0.3 is 10.6 Å². The molecule has 1 unspecified atom stereocenters. The van der Waals surface area contributed by atoms with Crippen molar-refractivity contribution in [1.29, 1.82) is 0 Å². The molecular weight excluding hydrogens is 250 g/mol. The summed E-state index contributed by atoms with van der Waals surface area (Å²) >= 11 is 0. The molecule has 2 aromatic rings. The molecule has 2 heterocycles. The fourth-order valence-electron chi connectivity index (χ4n) is 2.78. The fourth-order valence-corrected chi connectivity index (χ4v) is 2.78. The molecule has 1 aromatic carbocycles. The standard InChI is InChI=1S/C15H21N5/c1-11(16)12-5-6-14-13(8-12)4-3-7-20(14)9-15-17-10-18-19(15)2/h5-6,8,10-11H,3-4,7,9,16H2,1-2H3. The van der Waals surface area contributed by atoms with Crippen LogP contribution in [-0.2, 0) is 20.0 Å². The van der Waals surface area contributed by atoms with Crippen LogP contribution in [0.25, 0.3) is 0 Å². The normalized spacial score (nSPS) is 16.1. The highest BCUT2D eigenvalue weighted by Crippen LogP contribution is 2.30. The second-order valence-electron chi connectivity index (χ2n) is 5.50. The summed E-state index contributed by atoms with van der Waals surface area (Å²) in [5.41, 5.74) is 9.89. The Morgan fingerprint density at radius 2 is 2.25 bits per heavy atom. The summed E-state index contributed by atoms with van der Waals surface area (Å²) in [6.45, 7) is 3.90. The first-order valence-electron chi connectivity index (χ1n) is 7.11. The molecule has 0 saturated carbocycles. The molecule has 0 amide bonds. The van der Waals surface area contributed by atoms with Crippen LogP contribution in [0.2, 0.25) is 0 Å². The Morgan fingerprint density at radius 3 is 2.95 bits per heavy atom. The van der Waals surface area contributed by atoms with E-state index >= 15 is 0 Å². The van der Waals surface area contributed by atoms with Crippen molar-refractivity contribution in [2.75, 3.05) is 11.4 Å². The fraction of sp³-hybridized carbons (Fsp3) is 0.467. The Labute approximate surface area is 119 Å². The van der Waals surface area contributed by atoms with Gasteiger partial charge in [0.05, 0.1) is 6.54 Å². The number of rotatable bonds is 3. The number of fused-ring (bicyclic) bond motifs is 1. The van der Waals surface area contributed by atoms with E-state index in [1.165, 1.54) is 23.2 Å². The third kappa shape index (κ3) is 2.41. The van der Waals surface area contributed by atoms with Gasteiger partial charge in [-0.15, -0.1) is 0 Å². The van der Waals surface area contributed by atoms with Gasteiger partial charge in [0.1, 0.15) is 12.2 Å². The molecular formula is C15H21N5. The summed E-state index contributed by atoms with van der Waals surface area (Å²) in [6, 6.07) is 6.68. The highest BCUT2D eigenvalue weighted by atomic mass is 15.3. The van der Waals surface area contributed by atoms with Crippen LogP contribution in [0, 0.1) is 0 Å². The monoisotopic (exact) mass is 271 g/mol. The second-order valence-corrected chi connectivity index (χ2v) is 5.50. The van der Waals surface area contributed by atoms with E-state index in [9.17, 15) is 0 Å². The van der Waals surface area contributed by atoms with Gasteiger partial charge in [0.2, 0.25) is 0 Å². The first kappa shape index (κ1) is 13.1. The third-order valence-corrected chi connectivity index (χ3v) is 3.98. The molecule has 3 rings (SSSR count). The molecule has 0 fully saturated rings. The number of anilines is 1. The largest absolute Gasteiger partial charge is 0.364 e. The van der Waals surface area contributed by atoms with E-state index in [2.05, 4.69) is 33.2 Å². The van der Waals surface area contributed by atoms with Gasteiger partial charge in [-0.2, -0.15) is 5.10 Å². The first-order chi connectivity index (χ1) is 9.65. The smallest absolute Gasteiger partial charge is 0.146 e. The van der Waals surface area contributed by atoms with Gasteiger partial charge in [-0.05, 0) is 37.0 Å². The van der Waals surface area contributed by atoms with Crippen molar-refractivity contribution < 1.29 is 0 Å². The molecule has 1 aliphatic rings. The molecule has 106 valence electrons. The van der Waals surface area contributed by atoms with Crippen LogP contribution in [0.4, 0.5) is 5.69 Å². The number of benzene rings is 1. The van der Waals surface area contributed by atoms with Gasteiger partial charge in [0.15, 0.2) is 0 Å². The molecule has 1 aromatic heterocycles. The van der Waals surface area contributed by atoms with E-state index in [0.29, 0.717) is 0 Å². The average Bonchev–Trinajstić information content (AvgIpc) is 2.84. The zero-order valence-electron chi connectivity index (χ0n) is 12.1. The third-order valence-electron chi connectivity index (χ3n) is 3.98. The van der Waals surface area contributed by atoms with Crippen LogP contribution >= 0.6 is 0 Å². The highest BCUT2D eigenvalue weighted by molar-refractivity contribution is 5.57. The lowest BCUT2D eigenvalue weighted by Gasteiger charge is -2.31. The molecule has 1 aliphatic heterocycles. The van der Waals surface area contributed by atoms with Gasteiger partial charge in [-0.3, -0.25) is 4.68 Å². The van der Waals surface area contributed by atoms with E-state index < -0.39 is 0 Å². The summed E-state index contributed by atoms with van der Waals surface area (Å²) in [4.78, 5) is 6.70. The number of nitrogens with zero attached hydrogens (tertiary/aromatic N) is 4. The van der Waals surface area contributed by atoms with Gasteiger partial charge in [-0.25, -0.2) is 4.98 Å². The lowest BCUT2D eigenvalue weighted by Crippen LogP contribution is -2.30. The summed E-state index contributed by atoms with van der Waals surface area (Å²) < 4.78 is 1.84. The van der Waals surface area contributed by atoms with Gasteiger partial charge in [-0.1, -0.05) is 12.1 Å². The zero-order chi connectivity index (χ0) is 14.1. The lowest BCUT2D eigenvalue weighted by molar-refractivity contribution is 0.634. The molecule has 0 saturated heterocycles. The van der Waals surface area contributed by atoms with E-state index in [0.717, 1.165) is 25.3 Å². The van der Waals surface area contributed by atoms with Crippen molar-refractivity contribution in [2.24, 2.45) is 12.8 Å². The molecule has 5 heteroatoms. The summed E-state index contributed by atoms with van der Waals surface area (Å²) in [5.74, 6) is 0.995. The van der Waals surface area contributed by atoms with Crippen LogP contribution in [0.3, 0.4) is 0 Å². The Bertz CT molecular complexity index is 602. The molecule has 1 atom stereocenters. The summed E-state index contributed by atoms with van der Waals surface area (Å²) in [5, 5.41) is 4.14. The molecule has 0 aliphatic carbocycles. The second kappa shape index (κ2) is 5.25. The van der Waals surface area contributed by atoms with Gasteiger partial charge >= 0.3 is 0 Å². The number of aryl methyl sites for hydroxylation is 2. The maximum absolute atomic E-state index is 5.98. The SMILES string of the molecule is CC(N)c1ccc2c(c1)CCCN2Cc1ncnn1C. The Balaban J connectivity index is 1.88. The van der Waals surface area contributed by atoms with Gasteiger partial charge in [0.25, 0.3) is 0 Å². The topological polar surface area (TPSA) is 60.0 Å². The van der Waals surface area contributed by atoms with Crippen LogP contribution < -0.4 is 10.6 Å². The lowest BCUT2D eigenvalue weighted by atomic mass is 9.97. The molecule has 5 nitrogen and oxygen atoms in total. The minimum absolute atomic E-state index is 0.0921. The van der Waals surface area contributed by atoms with Crippen LogP contribution in [0.5, 0.6) is 0 Å². The van der Waals surface area contributed by atoms with Crippen molar-refractivity contribution in [2.45, 2.75) is 32.4 Å². The quantitative estimate of drug-likeness (QED) is 0.924. The number of nitrogens with two attached hydrogens (primary N) is 1. The van der Waals surface area contributed by atoms with E-state index in [4.69, 9.17) is 5.73 Å². The average molecular weight is 271 g/mol. The first-order valence-corrected chi connectivity index (χ1v) is 7.11. The summed E-state index contributed by atoms with van der Waals surface area (Å²) in [6.07, 6.45) is 3.91. The predicted octanol–water partition coefficient (Wildman–Crippen LogP) is 1.79. The molecule has 0 spiro atoms. The van der Waals surface area contributed by atoms with Crippen molar-refractivity contribution in [1.82, 2.24) is 14.8 Å². The minimum Gasteiger partial charge on any atom is -0.364 e. The Hall–Kier alpha value is -1.88.